The molecule has 0 saturated heterocycles. The average molecular weight is 254 g/mol. The van der Waals surface area contributed by atoms with Crippen molar-refractivity contribution in [3.05, 3.63) is 24.2 Å². The van der Waals surface area contributed by atoms with Crippen LogP contribution in [0.2, 0.25) is 0 Å². The van der Waals surface area contributed by atoms with E-state index in [2.05, 4.69) is 10.6 Å². The maximum Gasteiger partial charge on any atom is 0.287 e. The normalized spacial score (nSPS) is 13.7. The molecule has 0 bridgehead atoms. The van der Waals surface area contributed by atoms with Crippen LogP contribution in [0.25, 0.3) is 0 Å². The van der Waals surface area contributed by atoms with Crippen molar-refractivity contribution in [3.63, 3.8) is 0 Å². The molecule has 0 spiro atoms. The van der Waals surface area contributed by atoms with Crippen molar-refractivity contribution >= 4 is 11.8 Å². The van der Waals surface area contributed by atoms with Gasteiger partial charge in [-0.3, -0.25) is 9.59 Å². The Morgan fingerprint density at radius 1 is 1.39 bits per heavy atom. The zero-order valence-electron chi connectivity index (χ0n) is 10.7. The van der Waals surface area contributed by atoms with Gasteiger partial charge in [0.2, 0.25) is 5.91 Å². The molecule has 6 heteroatoms. The molecule has 0 radical (unpaired) electrons. The number of rotatable bonds is 6. The molecule has 0 saturated carbocycles. The van der Waals surface area contributed by atoms with Crippen molar-refractivity contribution in [1.29, 1.82) is 0 Å². The van der Waals surface area contributed by atoms with Crippen LogP contribution in [-0.2, 0) is 9.53 Å². The number of ether oxygens (including phenoxy) is 1. The number of nitrogens with one attached hydrogen (secondary N) is 2. The van der Waals surface area contributed by atoms with Gasteiger partial charge in [-0.2, -0.15) is 0 Å². The van der Waals surface area contributed by atoms with Crippen LogP contribution in [0, 0.1) is 0 Å². The molecule has 1 heterocycles. The standard InChI is InChI=1S/C12H18N2O4/c1-8(7-17-3)13-11(15)9(2)14-12(16)10-5-4-6-18-10/h4-6,8-9H,7H2,1-3H3,(H,13,15)(H,14,16). The molecule has 2 amide bonds. The fraction of sp³-hybridized carbons (Fsp3) is 0.500. The second kappa shape index (κ2) is 6.80. The van der Waals surface area contributed by atoms with Gasteiger partial charge in [-0.05, 0) is 26.0 Å². The third-order valence-corrected chi connectivity index (χ3v) is 2.29. The van der Waals surface area contributed by atoms with Crippen LogP contribution < -0.4 is 10.6 Å². The van der Waals surface area contributed by atoms with E-state index in [1.54, 1.807) is 20.1 Å². The van der Waals surface area contributed by atoms with Gasteiger partial charge in [0, 0.05) is 13.2 Å². The van der Waals surface area contributed by atoms with Crippen molar-refractivity contribution in [2.24, 2.45) is 0 Å². The number of hydrogen-bond acceptors (Lipinski definition) is 4. The summed E-state index contributed by atoms with van der Waals surface area (Å²) in [4.78, 5) is 23.3. The Bertz CT molecular complexity index is 389. The van der Waals surface area contributed by atoms with Gasteiger partial charge in [-0.15, -0.1) is 0 Å². The van der Waals surface area contributed by atoms with Crippen molar-refractivity contribution in [1.82, 2.24) is 10.6 Å². The molecule has 1 aromatic heterocycles. The van der Waals surface area contributed by atoms with E-state index in [0.717, 1.165) is 0 Å². The van der Waals surface area contributed by atoms with E-state index in [9.17, 15) is 9.59 Å². The summed E-state index contributed by atoms with van der Waals surface area (Å²) < 4.78 is 9.84. The predicted octanol–water partition coefficient (Wildman–Crippen LogP) is 0.549. The summed E-state index contributed by atoms with van der Waals surface area (Å²) in [5, 5.41) is 5.27. The van der Waals surface area contributed by atoms with Crippen LogP contribution in [0.1, 0.15) is 24.4 Å². The fourth-order valence-electron chi connectivity index (χ4n) is 1.40. The number of hydrogen-bond donors (Lipinski definition) is 2. The first-order valence-corrected chi connectivity index (χ1v) is 5.68. The Morgan fingerprint density at radius 2 is 2.11 bits per heavy atom. The zero-order valence-corrected chi connectivity index (χ0v) is 10.7. The van der Waals surface area contributed by atoms with E-state index in [1.807, 2.05) is 6.92 Å². The second-order valence-corrected chi connectivity index (χ2v) is 4.04. The minimum Gasteiger partial charge on any atom is -0.459 e. The third kappa shape index (κ3) is 4.21. The lowest BCUT2D eigenvalue weighted by molar-refractivity contribution is -0.123. The molecule has 18 heavy (non-hydrogen) atoms. The van der Waals surface area contributed by atoms with E-state index in [-0.39, 0.29) is 17.7 Å². The number of carbonyl (C=O) groups is 2. The molecule has 1 aromatic rings. The minimum absolute atomic E-state index is 0.106. The molecule has 100 valence electrons. The molecular weight excluding hydrogens is 236 g/mol. The van der Waals surface area contributed by atoms with E-state index in [0.29, 0.717) is 6.61 Å². The summed E-state index contributed by atoms with van der Waals surface area (Å²) in [6.45, 7) is 3.85. The monoisotopic (exact) mass is 254 g/mol. The first kappa shape index (κ1) is 14.2. The lowest BCUT2D eigenvalue weighted by atomic mass is 10.2. The topological polar surface area (TPSA) is 80.6 Å². The molecule has 6 nitrogen and oxygen atoms in total. The SMILES string of the molecule is COCC(C)NC(=O)C(C)NC(=O)c1ccco1. The number of carbonyl (C=O) groups excluding carboxylic acids is 2. The molecule has 1 rings (SSSR count). The molecular formula is C12H18N2O4. The van der Waals surface area contributed by atoms with Gasteiger partial charge in [-0.1, -0.05) is 0 Å². The van der Waals surface area contributed by atoms with Gasteiger partial charge in [-0.25, -0.2) is 0 Å². The summed E-state index contributed by atoms with van der Waals surface area (Å²) in [6.07, 6.45) is 1.40. The molecule has 2 unspecified atom stereocenters. The Labute approximate surface area is 106 Å². The van der Waals surface area contributed by atoms with Crippen LogP contribution in [0.15, 0.2) is 22.8 Å². The summed E-state index contributed by atoms with van der Waals surface area (Å²) in [5.41, 5.74) is 0. The highest BCUT2D eigenvalue weighted by Crippen LogP contribution is 2.00. The number of furan rings is 1. The Kier molecular flexibility index (Phi) is 5.38. The average Bonchev–Trinajstić information content (AvgIpc) is 2.82. The van der Waals surface area contributed by atoms with Gasteiger partial charge >= 0.3 is 0 Å². The highest BCUT2D eigenvalue weighted by molar-refractivity contribution is 5.95. The molecule has 0 aliphatic rings. The van der Waals surface area contributed by atoms with Gasteiger partial charge < -0.3 is 19.8 Å². The first-order valence-electron chi connectivity index (χ1n) is 5.68. The van der Waals surface area contributed by atoms with Gasteiger partial charge in [0.05, 0.1) is 12.9 Å². The van der Waals surface area contributed by atoms with Gasteiger partial charge in [0.1, 0.15) is 6.04 Å². The predicted molar refractivity (Wildman–Crippen MR) is 65.1 cm³/mol. The number of methoxy groups -OCH3 is 1. The largest absolute Gasteiger partial charge is 0.459 e. The van der Waals surface area contributed by atoms with Crippen molar-refractivity contribution in [2.75, 3.05) is 13.7 Å². The van der Waals surface area contributed by atoms with Gasteiger partial charge in [0.15, 0.2) is 5.76 Å². The highest BCUT2D eigenvalue weighted by Gasteiger charge is 2.19. The van der Waals surface area contributed by atoms with E-state index in [4.69, 9.17) is 9.15 Å². The summed E-state index contributed by atoms with van der Waals surface area (Å²) in [6, 6.07) is 2.40. The smallest absolute Gasteiger partial charge is 0.287 e. The minimum atomic E-state index is -0.637. The molecule has 0 aliphatic heterocycles. The van der Waals surface area contributed by atoms with E-state index in [1.165, 1.54) is 12.3 Å². The van der Waals surface area contributed by atoms with E-state index < -0.39 is 11.9 Å². The molecule has 2 N–H and O–H groups in total. The van der Waals surface area contributed by atoms with Crippen LogP contribution in [-0.4, -0.2) is 37.6 Å². The molecule has 0 aromatic carbocycles. The number of amides is 2. The van der Waals surface area contributed by atoms with E-state index >= 15 is 0 Å². The Morgan fingerprint density at radius 3 is 2.67 bits per heavy atom. The van der Waals surface area contributed by atoms with Crippen molar-refractivity contribution in [3.8, 4) is 0 Å². The van der Waals surface area contributed by atoms with Crippen LogP contribution in [0.3, 0.4) is 0 Å². The Hall–Kier alpha value is -1.82. The van der Waals surface area contributed by atoms with Gasteiger partial charge in [0.25, 0.3) is 5.91 Å². The summed E-state index contributed by atoms with van der Waals surface area (Å²) >= 11 is 0. The summed E-state index contributed by atoms with van der Waals surface area (Å²) in [5.74, 6) is -0.499. The quantitative estimate of drug-likeness (QED) is 0.776. The maximum atomic E-state index is 11.7. The van der Waals surface area contributed by atoms with Crippen LogP contribution in [0.4, 0.5) is 0 Å². The molecule has 2 atom stereocenters. The van der Waals surface area contributed by atoms with Crippen molar-refractivity contribution in [2.45, 2.75) is 25.9 Å². The molecule has 0 fully saturated rings. The van der Waals surface area contributed by atoms with Crippen LogP contribution >= 0.6 is 0 Å². The van der Waals surface area contributed by atoms with Crippen LogP contribution in [0.5, 0.6) is 0 Å². The molecule has 0 aliphatic carbocycles. The lowest BCUT2D eigenvalue weighted by Gasteiger charge is -2.17. The lowest BCUT2D eigenvalue weighted by Crippen LogP contribution is -2.48. The maximum absolute atomic E-state index is 11.7. The fourth-order valence-corrected chi connectivity index (χ4v) is 1.40. The first-order chi connectivity index (χ1) is 8.54. The highest BCUT2D eigenvalue weighted by atomic mass is 16.5. The summed E-state index contributed by atoms with van der Waals surface area (Å²) in [7, 11) is 1.56. The second-order valence-electron chi connectivity index (χ2n) is 4.04. The zero-order chi connectivity index (χ0) is 13.5. The third-order valence-electron chi connectivity index (χ3n) is 2.29. The van der Waals surface area contributed by atoms with Crippen molar-refractivity contribution < 1.29 is 18.7 Å². The Balaban J connectivity index is 2.42.